The van der Waals surface area contributed by atoms with Crippen molar-refractivity contribution >= 4 is 40.7 Å². The van der Waals surface area contributed by atoms with Crippen LogP contribution in [0.2, 0.25) is 5.02 Å². The maximum atomic E-state index is 6.31. The monoisotopic (exact) mass is 377 g/mol. The van der Waals surface area contributed by atoms with E-state index in [2.05, 4.69) is 22.4 Å². The fourth-order valence-electron chi connectivity index (χ4n) is 2.25. The van der Waals surface area contributed by atoms with Gasteiger partial charge >= 0.3 is 0 Å². The second kappa shape index (κ2) is 11.3. The Labute approximate surface area is 158 Å². The Morgan fingerprint density at radius 2 is 1.75 bits per heavy atom. The number of thioether (sulfide) groups is 1. The number of ether oxygens (including phenoxy) is 1. The summed E-state index contributed by atoms with van der Waals surface area (Å²) in [4.78, 5) is 3.91. The molecule has 0 N–H and O–H groups in total. The SMILES string of the molecule is S=C=NCCCCSCCOc1ccccc1-c1ccccc1Cl. The van der Waals surface area contributed by atoms with Crippen LogP contribution in [0, 0.1) is 0 Å². The van der Waals surface area contributed by atoms with Gasteiger partial charge in [0.25, 0.3) is 0 Å². The van der Waals surface area contributed by atoms with Gasteiger partial charge in [0.1, 0.15) is 5.75 Å². The van der Waals surface area contributed by atoms with Crippen LogP contribution in [0.15, 0.2) is 53.5 Å². The third kappa shape index (κ3) is 6.29. The smallest absolute Gasteiger partial charge is 0.127 e. The molecule has 0 unspecified atom stereocenters. The first kappa shape index (κ1) is 19.0. The van der Waals surface area contributed by atoms with Gasteiger partial charge in [-0.2, -0.15) is 11.8 Å². The second-order valence-corrected chi connectivity index (χ2v) is 6.93. The first-order valence-electron chi connectivity index (χ1n) is 7.91. The van der Waals surface area contributed by atoms with Crippen LogP contribution in [0.3, 0.4) is 0 Å². The molecule has 126 valence electrons. The van der Waals surface area contributed by atoms with E-state index in [-0.39, 0.29) is 0 Å². The predicted molar refractivity (Wildman–Crippen MR) is 109 cm³/mol. The number of halogens is 1. The average Bonchev–Trinajstić information content (AvgIpc) is 2.61. The molecular weight excluding hydrogens is 358 g/mol. The Morgan fingerprint density at radius 1 is 1.00 bits per heavy atom. The minimum Gasteiger partial charge on any atom is -0.492 e. The Hall–Kier alpha value is -1.32. The van der Waals surface area contributed by atoms with E-state index in [1.54, 1.807) is 0 Å². The summed E-state index contributed by atoms with van der Waals surface area (Å²) in [6, 6.07) is 15.9. The summed E-state index contributed by atoms with van der Waals surface area (Å²) in [7, 11) is 0. The van der Waals surface area contributed by atoms with Gasteiger partial charge in [0.05, 0.1) is 11.8 Å². The summed E-state index contributed by atoms with van der Waals surface area (Å²) in [5.74, 6) is 2.96. The predicted octanol–water partition coefficient (Wildman–Crippen LogP) is 6.00. The maximum Gasteiger partial charge on any atom is 0.127 e. The Morgan fingerprint density at radius 3 is 2.54 bits per heavy atom. The summed E-state index contributed by atoms with van der Waals surface area (Å²) < 4.78 is 5.97. The number of para-hydroxylation sites is 1. The van der Waals surface area contributed by atoms with Gasteiger partial charge in [-0.3, -0.25) is 0 Å². The van der Waals surface area contributed by atoms with Gasteiger partial charge in [0.15, 0.2) is 0 Å². The molecule has 0 fully saturated rings. The minimum atomic E-state index is 0.685. The normalized spacial score (nSPS) is 10.2. The fourth-order valence-corrected chi connectivity index (χ4v) is 3.39. The quantitative estimate of drug-likeness (QED) is 0.288. The van der Waals surface area contributed by atoms with Gasteiger partial charge in [0.2, 0.25) is 0 Å². The summed E-state index contributed by atoms with van der Waals surface area (Å²) in [5, 5.41) is 3.13. The van der Waals surface area contributed by atoms with Crippen molar-refractivity contribution in [3.05, 3.63) is 53.6 Å². The van der Waals surface area contributed by atoms with E-state index in [1.807, 2.05) is 60.3 Å². The van der Waals surface area contributed by atoms with E-state index >= 15 is 0 Å². The van der Waals surface area contributed by atoms with E-state index in [1.165, 1.54) is 0 Å². The standard InChI is InChI=1S/C19H20ClNOS2/c20-18-9-3-1-7-16(18)17-8-2-4-10-19(17)22-12-14-24-13-6-5-11-21-15-23/h1-4,7-10H,5-6,11-14H2. The Balaban J connectivity index is 1.80. The number of unbranched alkanes of at least 4 members (excludes halogenated alkanes) is 1. The van der Waals surface area contributed by atoms with Crippen molar-refractivity contribution in [2.45, 2.75) is 12.8 Å². The third-order valence-corrected chi connectivity index (χ3v) is 4.90. The molecule has 5 heteroatoms. The van der Waals surface area contributed by atoms with E-state index in [0.717, 1.165) is 52.8 Å². The number of aliphatic imine (C=N–C) groups is 1. The van der Waals surface area contributed by atoms with Crippen molar-refractivity contribution in [2.24, 2.45) is 4.99 Å². The van der Waals surface area contributed by atoms with E-state index < -0.39 is 0 Å². The van der Waals surface area contributed by atoms with Gasteiger partial charge in [-0.1, -0.05) is 48.0 Å². The first-order valence-corrected chi connectivity index (χ1v) is 9.85. The van der Waals surface area contributed by atoms with Crippen molar-refractivity contribution in [2.75, 3.05) is 24.7 Å². The highest BCUT2D eigenvalue weighted by Gasteiger charge is 2.08. The zero-order valence-electron chi connectivity index (χ0n) is 13.4. The van der Waals surface area contributed by atoms with Crippen LogP contribution >= 0.6 is 35.6 Å². The highest BCUT2D eigenvalue weighted by atomic mass is 35.5. The van der Waals surface area contributed by atoms with Gasteiger partial charge in [0, 0.05) is 28.4 Å². The molecule has 0 aliphatic heterocycles. The van der Waals surface area contributed by atoms with Crippen LogP contribution in [0.1, 0.15) is 12.8 Å². The van der Waals surface area contributed by atoms with Crippen molar-refractivity contribution in [3.8, 4) is 16.9 Å². The van der Waals surface area contributed by atoms with Gasteiger partial charge in [-0.05, 0) is 42.9 Å². The number of nitrogens with zero attached hydrogens (tertiary/aromatic N) is 1. The van der Waals surface area contributed by atoms with Crippen molar-refractivity contribution < 1.29 is 4.74 Å². The van der Waals surface area contributed by atoms with Crippen LogP contribution in [0.5, 0.6) is 5.75 Å². The highest BCUT2D eigenvalue weighted by Crippen LogP contribution is 2.34. The lowest BCUT2D eigenvalue weighted by Crippen LogP contribution is -2.02. The van der Waals surface area contributed by atoms with Gasteiger partial charge in [-0.15, -0.1) is 0 Å². The molecule has 2 nitrogen and oxygen atoms in total. The minimum absolute atomic E-state index is 0.685. The number of rotatable bonds is 10. The molecule has 0 amide bonds. The van der Waals surface area contributed by atoms with Crippen LogP contribution in [-0.4, -0.2) is 29.8 Å². The summed E-state index contributed by atoms with van der Waals surface area (Å²) in [6.45, 7) is 1.47. The Bertz CT molecular complexity index is 687. The van der Waals surface area contributed by atoms with Crippen LogP contribution in [-0.2, 0) is 0 Å². The van der Waals surface area contributed by atoms with Gasteiger partial charge < -0.3 is 4.74 Å². The fraction of sp³-hybridized carbons (Fsp3) is 0.316. The molecule has 0 saturated carbocycles. The lowest BCUT2D eigenvalue weighted by molar-refractivity contribution is 0.345. The number of thiocarbonyl (C=S) groups is 1. The first-order chi connectivity index (χ1) is 11.8. The average molecular weight is 378 g/mol. The van der Waals surface area contributed by atoms with Crippen molar-refractivity contribution in [3.63, 3.8) is 0 Å². The summed E-state index contributed by atoms with van der Waals surface area (Å²) >= 11 is 12.7. The van der Waals surface area contributed by atoms with Gasteiger partial charge in [-0.25, -0.2) is 4.99 Å². The number of hydrogen-bond acceptors (Lipinski definition) is 4. The molecule has 0 saturated heterocycles. The molecule has 0 aliphatic rings. The number of isothiocyanates is 1. The Kier molecular flexibility index (Phi) is 8.93. The topological polar surface area (TPSA) is 21.6 Å². The molecule has 0 heterocycles. The zero-order valence-corrected chi connectivity index (χ0v) is 15.8. The van der Waals surface area contributed by atoms with E-state index in [4.69, 9.17) is 16.3 Å². The third-order valence-electron chi connectivity index (χ3n) is 3.41. The van der Waals surface area contributed by atoms with Crippen LogP contribution < -0.4 is 4.74 Å². The maximum absolute atomic E-state index is 6.31. The van der Waals surface area contributed by atoms with E-state index in [0.29, 0.717) is 6.61 Å². The second-order valence-electron chi connectivity index (χ2n) is 5.12. The number of hydrogen-bond donors (Lipinski definition) is 0. The molecule has 2 aromatic rings. The van der Waals surface area contributed by atoms with Crippen molar-refractivity contribution in [1.82, 2.24) is 0 Å². The zero-order chi connectivity index (χ0) is 17.0. The van der Waals surface area contributed by atoms with Crippen molar-refractivity contribution in [1.29, 1.82) is 0 Å². The largest absolute Gasteiger partial charge is 0.492 e. The summed E-state index contributed by atoms with van der Waals surface area (Å²) in [6.07, 6.45) is 2.20. The molecular formula is C19H20ClNOS2. The summed E-state index contributed by atoms with van der Waals surface area (Å²) in [5.41, 5.74) is 2.03. The molecule has 2 rings (SSSR count). The lowest BCUT2D eigenvalue weighted by atomic mass is 10.0. The molecule has 0 radical (unpaired) electrons. The molecule has 0 aromatic heterocycles. The molecule has 2 aromatic carbocycles. The molecule has 0 bridgehead atoms. The lowest BCUT2D eigenvalue weighted by Gasteiger charge is -2.12. The van der Waals surface area contributed by atoms with E-state index in [9.17, 15) is 0 Å². The highest BCUT2D eigenvalue weighted by molar-refractivity contribution is 7.99. The number of benzene rings is 2. The molecule has 0 spiro atoms. The molecule has 0 aliphatic carbocycles. The molecule has 24 heavy (non-hydrogen) atoms. The van der Waals surface area contributed by atoms with Crippen LogP contribution in [0.4, 0.5) is 0 Å². The molecule has 0 atom stereocenters. The van der Waals surface area contributed by atoms with Crippen LogP contribution in [0.25, 0.3) is 11.1 Å².